The Hall–Kier alpha value is -1.97. The average molecular weight is 350 g/mol. The number of halogens is 3. The zero-order chi connectivity index (χ0) is 19.0. The quantitative estimate of drug-likeness (QED) is 0.646. The van der Waals surface area contributed by atoms with Gasteiger partial charge >= 0.3 is 6.18 Å². The van der Waals surface area contributed by atoms with E-state index in [0.29, 0.717) is 11.1 Å². The number of phenolic OH excluding ortho intramolecular Hbond substituents is 1. The van der Waals surface area contributed by atoms with Gasteiger partial charge in [-0.2, -0.15) is 13.2 Å². The number of benzene rings is 2. The summed E-state index contributed by atoms with van der Waals surface area (Å²) < 4.78 is 38.9. The van der Waals surface area contributed by atoms with Crippen LogP contribution >= 0.6 is 0 Å². The highest BCUT2D eigenvalue weighted by Crippen LogP contribution is 2.40. The fraction of sp³-hybridized carbons (Fsp3) is 0.429. The topological polar surface area (TPSA) is 20.2 Å². The van der Waals surface area contributed by atoms with E-state index < -0.39 is 11.7 Å². The molecule has 0 saturated carbocycles. The number of aromatic hydroxyl groups is 1. The molecule has 1 N–H and O–H groups in total. The van der Waals surface area contributed by atoms with E-state index in [0.717, 1.165) is 24.1 Å². The second-order valence-electron chi connectivity index (χ2n) is 8.43. The summed E-state index contributed by atoms with van der Waals surface area (Å²) in [6.07, 6.45) is -3.50. The Labute approximate surface area is 147 Å². The van der Waals surface area contributed by atoms with Crippen molar-refractivity contribution in [2.75, 3.05) is 0 Å². The summed E-state index contributed by atoms with van der Waals surface area (Å²) in [5, 5.41) is 10.2. The van der Waals surface area contributed by atoms with Crippen molar-refractivity contribution >= 4 is 0 Å². The summed E-state index contributed by atoms with van der Waals surface area (Å²) in [5.74, 6) is -0.0189. The molecular formula is C21H25F3O. The van der Waals surface area contributed by atoms with Crippen LogP contribution in [0.5, 0.6) is 5.75 Å². The van der Waals surface area contributed by atoms with Gasteiger partial charge in [0, 0.05) is 5.56 Å². The van der Waals surface area contributed by atoms with Gasteiger partial charge in [-0.15, -0.1) is 0 Å². The van der Waals surface area contributed by atoms with E-state index >= 15 is 0 Å². The third-order valence-electron chi connectivity index (χ3n) is 4.25. The fourth-order valence-electron chi connectivity index (χ4n) is 3.48. The Kier molecular flexibility index (Phi) is 4.95. The highest BCUT2D eigenvalue weighted by Gasteiger charge is 2.31. The number of rotatable bonds is 3. The lowest BCUT2D eigenvalue weighted by molar-refractivity contribution is -0.137. The van der Waals surface area contributed by atoms with Gasteiger partial charge < -0.3 is 5.11 Å². The van der Waals surface area contributed by atoms with Crippen molar-refractivity contribution in [3.05, 3.63) is 53.6 Å². The van der Waals surface area contributed by atoms with Crippen LogP contribution in [0.15, 0.2) is 42.5 Å². The molecule has 0 aliphatic heterocycles. The van der Waals surface area contributed by atoms with E-state index in [2.05, 4.69) is 34.6 Å². The maximum absolute atomic E-state index is 13.0. The Morgan fingerprint density at radius 1 is 0.840 bits per heavy atom. The molecule has 0 saturated heterocycles. The van der Waals surface area contributed by atoms with E-state index in [4.69, 9.17) is 0 Å². The van der Waals surface area contributed by atoms with Gasteiger partial charge in [0.2, 0.25) is 0 Å². The Bertz CT molecular complexity index is 752. The van der Waals surface area contributed by atoms with E-state index in [9.17, 15) is 18.3 Å². The van der Waals surface area contributed by atoms with Gasteiger partial charge in [-0.25, -0.2) is 0 Å². The van der Waals surface area contributed by atoms with E-state index in [1.54, 1.807) is 18.2 Å². The molecule has 1 nitrogen and oxygen atoms in total. The average Bonchev–Trinajstić information content (AvgIpc) is 2.44. The predicted molar refractivity (Wildman–Crippen MR) is 95.6 cm³/mol. The van der Waals surface area contributed by atoms with Crippen molar-refractivity contribution in [2.45, 2.75) is 52.6 Å². The molecule has 0 fully saturated rings. The molecule has 0 bridgehead atoms. The van der Waals surface area contributed by atoms with Crippen molar-refractivity contribution in [3.63, 3.8) is 0 Å². The Morgan fingerprint density at radius 2 is 1.48 bits per heavy atom. The van der Waals surface area contributed by atoms with Gasteiger partial charge in [0.25, 0.3) is 0 Å². The van der Waals surface area contributed by atoms with Gasteiger partial charge in [0.1, 0.15) is 5.75 Å². The monoisotopic (exact) mass is 350 g/mol. The summed E-state index contributed by atoms with van der Waals surface area (Å²) in [5.41, 5.74) is 1.00. The molecule has 0 aromatic heterocycles. The zero-order valence-corrected chi connectivity index (χ0v) is 15.3. The molecule has 0 unspecified atom stereocenters. The molecule has 2 rings (SSSR count). The number of phenols is 1. The van der Waals surface area contributed by atoms with Crippen LogP contribution in [0.25, 0.3) is 11.1 Å². The first-order valence-corrected chi connectivity index (χ1v) is 8.31. The molecule has 0 spiro atoms. The molecule has 25 heavy (non-hydrogen) atoms. The van der Waals surface area contributed by atoms with Crippen LogP contribution in [0.1, 0.15) is 52.2 Å². The smallest absolute Gasteiger partial charge is 0.416 e. The van der Waals surface area contributed by atoms with Crippen LogP contribution < -0.4 is 0 Å². The van der Waals surface area contributed by atoms with Crippen LogP contribution in [0.4, 0.5) is 13.2 Å². The van der Waals surface area contributed by atoms with Crippen LogP contribution in [-0.4, -0.2) is 5.11 Å². The zero-order valence-electron chi connectivity index (χ0n) is 15.3. The molecule has 136 valence electrons. The highest BCUT2D eigenvalue weighted by atomic mass is 19.4. The van der Waals surface area contributed by atoms with Gasteiger partial charge in [0.15, 0.2) is 0 Å². The lowest BCUT2D eigenvalue weighted by Crippen LogP contribution is -2.24. The molecule has 2 aromatic carbocycles. The van der Waals surface area contributed by atoms with Gasteiger partial charge in [0.05, 0.1) is 5.56 Å². The molecule has 2 aromatic rings. The molecule has 0 heterocycles. The second-order valence-corrected chi connectivity index (χ2v) is 8.43. The normalized spacial score (nSPS) is 13.1. The lowest BCUT2D eigenvalue weighted by Gasteiger charge is -2.33. The predicted octanol–water partition coefficient (Wildman–Crippen LogP) is 6.79. The first-order valence-electron chi connectivity index (χ1n) is 8.31. The van der Waals surface area contributed by atoms with Crippen molar-refractivity contribution < 1.29 is 18.3 Å². The summed E-state index contributed by atoms with van der Waals surface area (Å²) in [6, 6.07) is 10.3. The first kappa shape index (κ1) is 19.4. The lowest BCUT2D eigenvalue weighted by atomic mass is 9.72. The van der Waals surface area contributed by atoms with Crippen molar-refractivity contribution in [1.82, 2.24) is 0 Å². The summed E-state index contributed by atoms with van der Waals surface area (Å²) in [6.45, 7) is 10.7. The summed E-state index contributed by atoms with van der Waals surface area (Å²) in [4.78, 5) is 0. The molecule has 0 amide bonds. The molecule has 0 atom stereocenters. The molecule has 4 heteroatoms. The second kappa shape index (κ2) is 6.40. The summed E-state index contributed by atoms with van der Waals surface area (Å²) in [7, 11) is 0. The molecular weight excluding hydrogens is 325 g/mol. The van der Waals surface area contributed by atoms with Gasteiger partial charge in [-0.1, -0.05) is 52.8 Å². The third-order valence-corrected chi connectivity index (χ3v) is 4.25. The Balaban J connectivity index is 2.50. The fourth-order valence-corrected chi connectivity index (χ4v) is 3.48. The third kappa shape index (κ3) is 4.77. The highest BCUT2D eigenvalue weighted by molar-refractivity contribution is 5.71. The maximum atomic E-state index is 13.0. The van der Waals surface area contributed by atoms with Crippen LogP contribution in [-0.2, 0) is 11.6 Å². The van der Waals surface area contributed by atoms with E-state index in [-0.39, 0.29) is 16.6 Å². The minimum absolute atomic E-state index is 0.0189. The molecule has 0 aliphatic carbocycles. The number of hydrogen-bond acceptors (Lipinski definition) is 1. The van der Waals surface area contributed by atoms with E-state index in [1.165, 1.54) is 6.07 Å². The SMILES string of the molecule is CC(C)(C)CC(C)(C)c1ccc(O)c(-c2cccc(C(F)(F)F)c2)c1. The minimum atomic E-state index is -4.41. The Morgan fingerprint density at radius 3 is 2.04 bits per heavy atom. The van der Waals surface area contributed by atoms with Crippen molar-refractivity contribution in [3.8, 4) is 16.9 Å². The van der Waals surface area contributed by atoms with Gasteiger partial charge in [-0.05, 0) is 52.6 Å². The largest absolute Gasteiger partial charge is 0.507 e. The molecule has 0 radical (unpaired) electrons. The first-order chi connectivity index (χ1) is 11.3. The van der Waals surface area contributed by atoms with Crippen molar-refractivity contribution in [1.29, 1.82) is 0 Å². The minimum Gasteiger partial charge on any atom is -0.507 e. The number of alkyl halides is 3. The number of hydrogen-bond donors (Lipinski definition) is 1. The van der Waals surface area contributed by atoms with Crippen LogP contribution in [0, 0.1) is 5.41 Å². The van der Waals surface area contributed by atoms with Crippen molar-refractivity contribution in [2.24, 2.45) is 5.41 Å². The van der Waals surface area contributed by atoms with Crippen LogP contribution in [0.2, 0.25) is 0 Å². The molecule has 0 aliphatic rings. The maximum Gasteiger partial charge on any atom is 0.416 e. The van der Waals surface area contributed by atoms with Gasteiger partial charge in [-0.3, -0.25) is 0 Å². The van der Waals surface area contributed by atoms with E-state index in [1.807, 2.05) is 6.07 Å². The summed E-state index contributed by atoms with van der Waals surface area (Å²) >= 11 is 0. The van der Waals surface area contributed by atoms with Crippen LogP contribution in [0.3, 0.4) is 0 Å². The standard InChI is InChI=1S/C21H25F3O/c1-19(2,3)13-20(4,5)15-9-10-18(25)17(12-15)14-7-6-8-16(11-14)21(22,23)24/h6-12,25H,13H2,1-5H3.